The molecule has 0 heterocycles. The van der Waals surface area contributed by atoms with Gasteiger partial charge in [-0.1, -0.05) is 54.1 Å². The van der Waals surface area contributed by atoms with Gasteiger partial charge in [-0.25, -0.2) is 30.4 Å². The lowest BCUT2D eigenvalue weighted by molar-refractivity contribution is 0.346. The molecule has 1 fully saturated rings. The molecule has 0 atom stereocenters. The van der Waals surface area contributed by atoms with Crippen LogP contribution in [0.1, 0.15) is 24.0 Å². The molecule has 3 aromatic carbocycles. The summed E-state index contributed by atoms with van der Waals surface area (Å²) in [7, 11) is -4.99. The molecule has 4 rings (SSSR count). The Morgan fingerprint density at radius 1 is 0.750 bits per heavy atom. The monoisotopic (exact) mass is 467 g/mol. The zero-order valence-electron chi connectivity index (χ0n) is 16.9. The van der Waals surface area contributed by atoms with Gasteiger partial charge in [0.2, 0.25) is 15.8 Å². The maximum atomic E-state index is 14.2. The van der Waals surface area contributed by atoms with Gasteiger partial charge < -0.3 is 0 Å². The fourth-order valence-corrected chi connectivity index (χ4v) is 5.22. The van der Waals surface area contributed by atoms with E-state index >= 15 is 0 Å². The average molecular weight is 467 g/mol. The van der Waals surface area contributed by atoms with Crippen LogP contribution in [0.15, 0.2) is 53.4 Å². The van der Waals surface area contributed by atoms with Crippen molar-refractivity contribution in [2.24, 2.45) is 0 Å². The molecule has 1 aliphatic rings. The number of benzene rings is 3. The van der Waals surface area contributed by atoms with E-state index in [4.69, 9.17) is 0 Å². The van der Waals surface area contributed by atoms with Crippen LogP contribution in [0.25, 0.3) is 11.1 Å². The third-order valence-corrected chi connectivity index (χ3v) is 7.29. The molecule has 0 radical (unpaired) electrons. The van der Waals surface area contributed by atoms with Gasteiger partial charge in [0.05, 0.1) is 0 Å². The maximum Gasteiger partial charge on any atom is 0.249 e. The van der Waals surface area contributed by atoms with Crippen molar-refractivity contribution >= 4 is 10.0 Å². The lowest BCUT2D eigenvalue weighted by Crippen LogP contribution is -2.34. The van der Waals surface area contributed by atoms with Crippen LogP contribution in [0, 0.1) is 36.0 Å². The summed E-state index contributed by atoms with van der Waals surface area (Å²) in [6.07, 6.45) is 0.853. The number of aryl methyl sites for hydroxylation is 1. The van der Waals surface area contributed by atoms with Gasteiger partial charge in [-0.05, 0) is 36.5 Å². The molecule has 0 unspecified atom stereocenters. The van der Waals surface area contributed by atoms with Crippen molar-refractivity contribution in [3.05, 3.63) is 88.7 Å². The summed E-state index contributed by atoms with van der Waals surface area (Å²) in [5.74, 6) is -11.7. The standard InChI is InChI=1S/C23H18F5NO2S/c1-13-2-6-15(7-3-13)16-8-4-14(5-9-16)12-29(17-10-11-17)32(30,31)23-21(27)19(25)18(24)20(26)22(23)28/h2-9,17H,10-12H2,1H3. The van der Waals surface area contributed by atoms with Gasteiger partial charge in [-0.2, -0.15) is 4.31 Å². The first-order valence-corrected chi connectivity index (χ1v) is 11.2. The molecule has 9 heteroatoms. The van der Waals surface area contributed by atoms with Crippen molar-refractivity contribution in [1.82, 2.24) is 4.31 Å². The Labute approximate surface area is 182 Å². The highest BCUT2D eigenvalue weighted by Gasteiger charge is 2.43. The molecule has 1 saturated carbocycles. The van der Waals surface area contributed by atoms with E-state index < -0.39 is 50.0 Å². The zero-order valence-corrected chi connectivity index (χ0v) is 17.7. The number of hydrogen-bond acceptors (Lipinski definition) is 2. The normalized spacial score (nSPS) is 14.2. The van der Waals surface area contributed by atoms with Crippen LogP contribution in [0.3, 0.4) is 0 Å². The molecule has 1 aliphatic carbocycles. The summed E-state index contributed by atoms with van der Waals surface area (Å²) in [6.45, 7) is 1.70. The summed E-state index contributed by atoms with van der Waals surface area (Å²) >= 11 is 0. The van der Waals surface area contributed by atoms with Crippen molar-refractivity contribution in [2.75, 3.05) is 0 Å². The second-order valence-electron chi connectivity index (χ2n) is 7.74. The molecule has 0 spiro atoms. The molecule has 3 nitrogen and oxygen atoms in total. The summed E-state index contributed by atoms with van der Waals surface area (Å²) in [4.78, 5) is -1.82. The highest BCUT2D eigenvalue weighted by atomic mass is 32.2. The Morgan fingerprint density at radius 2 is 1.19 bits per heavy atom. The summed E-state index contributed by atoms with van der Waals surface area (Å²) in [6, 6.07) is 14.1. The summed E-state index contributed by atoms with van der Waals surface area (Å²) in [5.41, 5.74) is 3.45. The van der Waals surface area contributed by atoms with Gasteiger partial charge in [0.1, 0.15) is 0 Å². The van der Waals surface area contributed by atoms with E-state index in [-0.39, 0.29) is 6.54 Å². The molecule has 0 amide bonds. The van der Waals surface area contributed by atoms with Crippen molar-refractivity contribution < 1.29 is 30.4 Å². The van der Waals surface area contributed by atoms with E-state index in [0.29, 0.717) is 18.4 Å². The van der Waals surface area contributed by atoms with Gasteiger partial charge >= 0.3 is 0 Å². The van der Waals surface area contributed by atoms with Crippen LogP contribution in [-0.4, -0.2) is 18.8 Å². The number of sulfonamides is 1. The lowest BCUT2D eigenvalue weighted by Gasteiger charge is -2.23. The second kappa shape index (κ2) is 8.29. The van der Waals surface area contributed by atoms with E-state index in [1.54, 1.807) is 24.3 Å². The lowest BCUT2D eigenvalue weighted by atomic mass is 10.0. The Morgan fingerprint density at radius 3 is 1.66 bits per heavy atom. The predicted molar refractivity (Wildman–Crippen MR) is 109 cm³/mol. The SMILES string of the molecule is Cc1ccc(-c2ccc(CN(C3CC3)S(=O)(=O)c3c(F)c(F)c(F)c(F)c3F)cc2)cc1. The number of nitrogens with zero attached hydrogens (tertiary/aromatic N) is 1. The van der Waals surface area contributed by atoms with Crippen LogP contribution in [-0.2, 0) is 16.6 Å². The van der Waals surface area contributed by atoms with E-state index in [2.05, 4.69) is 0 Å². The number of rotatable bonds is 6. The molecule has 0 aliphatic heterocycles. The molecule has 0 N–H and O–H groups in total. The highest BCUT2D eigenvalue weighted by Crippen LogP contribution is 2.37. The zero-order chi connectivity index (χ0) is 23.2. The van der Waals surface area contributed by atoms with Crippen molar-refractivity contribution in [3.8, 4) is 11.1 Å². The smallest absolute Gasteiger partial charge is 0.207 e. The van der Waals surface area contributed by atoms with Crippen LogP contribution in [0.2, 0.25) is 0 Å². The third kappa shape index (κ3) is 4.02. The topological polar surface area (TPSA) is 37.4 Å². The maximum absolute atomic E-state index is 14.2. The molecule has 32 heavy (non-hydrogen) atoms. The average Bonchev–Trinajstić information content (AvgIpc) is 3.60. The quantitative estimate of drug-likeness (QED) is 0.265. The van der Waals surface area contributed by atoms with E-state index in [1.165, 1.54) is 0 Å². The summed E-state index contributed by atoms with van der Waals surface area (Å²) < 4.78 is 95.8. The van der Waals surface area contributed by atoms with Crippen LogP contribution in [0.5, 0.6) is 0 Å². The van der Waals surface area contributed by atoms with Crippen LogP contribution in [0.4, 0.5) is 22.0 Å². The van der Waals surface area contributed by atoms with E-state index in [9.17, 15) is 30.4 Å². The minimum atomic E-state index is -4.99. The molecule has 0 saturated heterocycles. The molecule has 168 valence electrons. The minimum Gasteiger partial charge on any atom is -0.207 e. The van der Waals surface area contributed by atoms with Crippen molar-refractivity contribution in [1.29, 1.82) is 0 Å². The van der Waals surface area contributed by atoms with Crippen LogP contribution >= 0.6 is 0 Å². The van der Waals surface area contributed by atoms with E-state index in [1.807, 2.05) is 31.2 Å². The van der Waals surface area contributed by atoms with Crippen LogP contribution < -0.4 is 0 Å². The Kier molecular flexibility index (Phi) is 5.81. The second-order valence-corrected chi connectivity index (χ2v) is 9.57. The van der Waals surface area contributed by atoms with Gasteiger partial charge in [-0.15, -0.1) is 0 Å². The Balaban J connectivity index is 1.67. The third-order valence-electron chi connectivity index (χ3n) is 5.37. The Bertz CT molecular complexity index is 1240. The first kappa shape index (κ1) is 22.4. The molecular weight excluding hydrogens is 449 g/mol. The van der Waals surface area contributed by atoms with Gasteiger partial charge in [0.25, 0.3) is 0 Å². The number of halogens is 5. The minimum absolute atomic E-state index is 0.263. The first-order chi connectivity index (χ1) is 15.1. The largest absolute Gasteiger partial charge is 0.249 e. The van der Waals surface area contributed by atoms with Gasteiger partial charge in [-0.3, -0.25) is 0 Å². The first-order valence-electron chi connectivity index (χ1n) is 9.80. The Hall–Kier alpha value is -2.78. The predicted octanol–water partition coefficient (Wildman–Crippen LogP) is 5.71. The number of hydrogen-bond donors (Lipinski definition) is 0. The summed E-state index contributed by atoms with van der Waals surface area (Å²) in [5, 5.41) is 0. The van der Waals surface area contributed by atoms with Gasteiger partial charge in [0.15, 0.2) is 28.2 Å². The molecule has 0 aromatic heterocycles. The van der Waals surface area contributed by atoms with Gasteiger partial charge in [0, 0.05) is 12.6 Å². The molecule has 3 aromatic rings. The van der Waals surface area contributed by atoms with Crippen molar-refractivity contribution in [3.63, 3.8) is 0 Å². The molecular formula is C23H18F5NO2S. The highest BCUT2D eigenvalue weighted by molar-refractivity contribution is 7.89. The fourth-order valence-electron chi connectivity index (χ4n) is 3.43. The van der Waals surface area contributed by atoms with E-state index in [0.717, 1.165) is 21.0 Å². The fraction of sp³-hybridized carbons (Fsp3) is 0.217. The molecule has 0 bridgehead atoms. The van der Waals surface area contributed by atoms with Crippen molar-refractivity contribution in [2.45, 2.75) is 37.2 Å².